The van der Waals surface area contributed by atoms with Gasteiger partial charge in [0.25, 0.3) is 0 Å². The summed E-state index contributed by atoms with van der Waals surface area (Å²) in [5.74, 6) is 0. The van der Waals surface area contributed by atoms with Crippen molar-refractivity contribution in [1.29, 1.82) is 0 Å². The Morgan fingerprint density at radius 2 is 2.19 bits per heavy atom. The quantitative estimate of drug-likeness (QED) is 0.802. The maximum absolute atomic E-state index is 5.93. The molecule has 0 bridgehead atoms. The number of hydrogen-bond donors (Lipinski definition) is 1. The van der Waals surface area contributed by atoms with Gasteiger partial charge in [-0.05, 0) is 52.4 Å². The number of rotatable bonds is 2. The van der Waals surface area contributed by atoms with Crippen molar-refractivity contribution in [3.8, 4) is 0 Å². The van der Waals surface area contributed by atoms with Crippen molar-refractivity contribution in [2.45, 2.75) is 39.2 Å². The van der Waals surface area contributed by atoms with Gasteiger partial charge in [0.2, 0.25) is 0 Å². The summed E-state index contributed by atoms with van der Waals surface area (Å²) in [6.07, 6.45) is 3.87. The molecule has 1 saturated carbocycles. The third kappa shape index (κ3) is 2.54. The zero-order valence-electron chi connectivity index (χ0n) is 9.69. The van der Waals surface area contributed by atoms with Gasteiger partial charge >= 0.3 is 0 Å². The maximum Gasteiger partial charge on any atom is 0.0488 e. The Kier molecular flexibility index (Phi) is 3.50. The van der Waals surface area contributed by atoms with Crippen LogP contribution in [0.25, 0.3) is 0 Å². The smallest absolute Gasteiger partial charge is 0.0488 e. The van der Waals surface area contributed by atoms with Gasteiger partial charge in [-0.2, -0.15) is 0 Å². The fraction of sp³-hybridized carbons (Fsp3) is 0.538. The first kappa shape index (κ1) is 12.3. The third-order valence-electron chi connectivity index (χ3n) is 3.52. The van der Waals surface area contributed by atoms with Gasteiger partial charge < -0.3 is 5.32 Å². The van der Waals surface area contributed by atoms with Crippen molar-refractivity contribution in [2.24, 2.45) is 5.41 Å². The summed E-state index contributed by atoms with van der Waals surface area (Å²) in [5.41, 5.74) is 1.53. The molecule has 0 spiro atoms. The van der Waals surface area contributed by atoms with Crippen LogP contribution < -0.4 is 5.32 Å². The van der Waals surface area contributed by atoms with E-state index in [1.165, 1.54) is 19.3 Å². The van der Waals surface area contributed by atoms with Gasteiger partial charge in [0.05, 0.1) is 0 Å². The van der Waals surface area contributed by atoms with Gasteiger partial charge in [0.15, 0.2) is 0 Å². The van der Waals surface area contributed by atoms with Crippen molar-refractivity contribution < 1.29 is 0 Å². The molecule has 0 aliphatic heterocycles. The Morgan fingerprint density at radius 3 is 2.75 bits per heavy atom. The molecule has 1 unspecified atom stereocenters. The lowest BCUT2D eigenvalue weighted by Gasteiger charge is -2.29. The van der Waals surface area contributed by atoms with Crippen LogP contribution >= 0.6 is 27.5 Å². The molecule has 0 heterocycles. The summed E-state index contributed by atoms with van der Waals surface area (Å²) in [6, 6.07) is 6.47. The summed E-state index contributed by atoms with van der Waals surface area (Å²) in [6.45, 7) is 4.67. The van der Waals surface area contributed by atoms with Crippen molar-refractivity contribution in [2.75, 3.05) is 5.32 Å². The second-order valence-electron chi connectivity index (χ2n) is 5.20. The van der Waals surface area contributed by atoms with Gasteiger partial charge in [-0.3, -0.25) is 0 Å². The first-order valence-corrected chi connectivity index (χ1v) is 6.88. The van der Waals surface area contributed by atoms with Crippen LogP contribution in [0.1, 0.15) is 33.1 Å². The standard InChI is InChI=1S/C13H17BrClN/c1-13(2)7-3-4-12(13)16-11-6-5-9(15)8-10(11)14/h5-6,8,12,16H,3-4,7H2,1-2H3. The lowest BCUT2D eigenvalue weighted by atomic mass is 9.87. The predicted octanol–water partition coefficient (Wildman–Crippen LogP) is 5.09. The summed E-state index contributed by atoms with van der Waals surface area (Å²) in [4.78, 5) is 0. The molecule has 1 aromatic rings. The van der Waals surface area contributed by atoms with Crippen molar-refractivity contribution >= 4 is 33.2 Å². The summed E-state index contributed by atoms with van der Waals surface area (Å²) in [5, 5.41) is 4.39. The van der Waals surface area contributed by atoms with E-state index in [-0.39, 0.29) is 0 Å². The molecular formula is C13H17BrClN. The predicted molar refractivity (Wildman–Crippen MR) is 74.2 cm³/mol. The molecule has 0 radical (unpaired) electrons. The molecule has 0 amide bonds. The van der Waals surface area contributed by atoms with E-state index in [2.05, 4.69) is 35.1 Å². The molecule has 1 aliphatic rings. The van der Waals surface area contributed by atoms with Gasteiger partial charge in [-0.25, -0.2) is 0 Å². The molecule has 1 N–H and O–H groups in total. The average molecular weight is 303 g/mol. The minimum absolute atomic E-state index is 0.388. The van der Waals surface area contributed by atoms with Gasteiger partial charge in [0, 0.05) is 21.2 Å². The molecule has 16 heavy (non-hydrogen) atoms. The van der Waals surface area contributed by atoms with Gasteiger partial charge in [0.1, 0.15) is 0 Å². The van der Waals surface area contributed by atoms with Crippen LogP contribution in [0, 0.1) is 5.41 Å². The van der Waals surface area contributed by atoms with Gasteiger partial charge in [-0.15, -0.1) is 0 Å². The molecule has 1 nitrogen and oxygen atoms in total. The average Bonchev–Trinajstić information content (AvgIpc) is 2.50. The Labute approximate surface area is 111 Å². The monoisotopic (exact) mass is 301 g/mol. The minimum Gasteiger partial charge on any atom is -0.381 e. The SMILES string of the molecule is CC1(C)CCCC1Nc1ccc(Cl)cc1Br. The highest BCUT2D eigenvalue weighted by Crippen LogP contribution is 2.40. The molecule has 3 heteroatoms. The van der Waals surface area contributed by atoms with E-state index in [9.17, 15) is 0 Å². The van der Waals surface area contributed by atoms with E-state index in [0.717, 1.165) is 15.2 Å². The van der Waals surface area contributed by atoms with Crippen LogP contribution in [0.3, 0.4) is 0 Å². The van der Waals surface area contributed by atoms with Crippen molar-refractivity contribution in [1.82, 2.24) is 0 Å². The molecule has 88 valence electrons. The van der Waals surface area contributed by atoms with E-state index in [0.29, 0.717) is 11.5 Å². The zero-order chi connectivity index (χ0) is 11.8. The first-order chi connectivity index (χ1) is 7.49. The van der Waals surface area contributed by atoms with Crippen LogP contribution in [0.15, 0.2) is 22.7 Å². The van der Waals surface area contributed by atoms with Crippen LogP contribution in [0.2, 0.25) is 5.02 Å². The summed E-state index contributed by atoms with van der Waals surface area (Å²) in [7, 11) is 0. The molecular weight excluding hydrogens is 286 g/mol. The molecule has 2 rings (SSSR count). The van der Waals surface area contributed by atoms with E-state index in [1.807, 2.05) is 18.2 Å². The normalized spacial score (nSPS) is 23.4. The highest BCUT2D eigenvalue weighted by atomic mass is 79.9. The fourth-order valence-corrected chi connectivity index (χ4v) is 3.19. The van der Waals surface area contributed by atoms with Crippen LogP contribution in [-0.4, -0.2) is 6.04 Å². The summed E-state index contributed by atoms with van der Waals surface area (Å²) < 4.78 is 1.04. The number of benzene rings is 1. The van der Waals surface area contributed by atoms with Crippen molar-refractivity contribution in [3.63, 3.8) is 0 Å². The Hall–Kier alpha value is -0.210. The minimum atomic E-state index is 0.388. The van der Waals surface area contributed by atoms with E-state index >= 15 is 0 Å². The molecule has 1 aromatic carbocycles. The van der Waals surface area contributed by atoms with Gasteiger partial charge in [-0.1, -0.05) is 31.9 Å². The Morgan fingerprint density at radius 1 is 1.44 bits per heavy atom. The van der Waals surface area contributed by atoms with E-state index in [4.69, 9.17) is 11.6 Å². The number of nitrogens with one attached hydrogen (secondary N) is 1. The first-order valence-electron chi connectivity index (χ1n) is 5.71. The highest BCUT2D eigenvalue weighted by Gasteiger charge is 2.34. The number of anilines is 1. The topological polar surface area (TPSA) is 12.0 Å². The largest absolute Gasteiger partial charge is 0.381 e. The summed E-state index contributed by atoms with van der Waals surface area (Å²) >= 11 is 9.48. The molecule has 0 aromatic heterocycles. The van der Waals surface area contributed by atoms with Crippen LogP contribution in [0.4, 0.5) is 5.69 Å². The maximum atomic E-state index is 5.93. The van der Waals surface area contributed by atoms with Crippen LogP contribution in [0.5, 0.6) is 0 Å². The lowest BCUT2D eigenvalue weighted by Crippen LogP contribution is -2.30. The Bertz CT molecular complexity index is 390. The second kappa shape index (κ2) is 4.58. The molecule has 0 saturated heterocycles. The van der Waals surface area contributed by atoms with E-state index < -0.39 is 0 Å². The molecule has 1 fully saturated rings. The number of halogens is 2. The fourth-order valence-electron chi connectivity index (χ4n) is 2.39. The van der Waals surface area contributed by atoms with Crippen molar-refractivity contribution in [3.05, 3.63) is 27.7 Å². The van der Waals surface area contributed by atoms with Crippen LogP contribution in [-0.2, 0) is 0 Å². The third-order valence-corrected chi connectivity index (χ3v) is 4.41. The molecule has 1 aliphatic carbocycles. The molecule has 1 atom stereocenters. The number of hydrogen-bond acceptors (Lipinski definition) is 1. The Balaban J connectivity index is 2.15. The zero-order valence-corrected chi connectivity index (χ0v) is 12.0. The second-order valence-corrected chi connectivity index (χ2v) is 6.49. The highest BCUT2D eigenvalue weighted by molar-refractivity contribution is 9.10. The van der Waals surface area contributed by atoms with E-state index in [1.54, 1.807) is 0 Å². The lowest BCUT2D eigenvalue weighted by molar-refractivity contribution is 0.350.